The van der Waals surface area contributed by atoms with Crippen molar-refractivity contribution in [2.24, 2.45) is 0 Å². The van der Waals surface area contributed by atoms with E-state index >= 15 is 0 Å². The molecule has 1 amide bonds. The number of anilines is 1. The third-order valence-electron chi connectivity index (χ3n) is 5.70. The van der Waals surface area contributed by atoms with Crippen LogP contribution in [0.1, 0.15) is 39.3 Å². The molecule has 2 N–H and O–H groups in total. The Kier molecular flexibility index (Phi) is 4.04. The van der Waals surface area contributed by atoms with Crippen LogP contribution in [0, 0.1) is 0 Å². The van der Waals surface area contributed by atoms with E-state index in [1.165, 1.54) is 16.3 Å². The lowest BCUT2D eigenvalue weighted by atomic mass is 9.94. The molecule has 1 aliphatic carbocycles. The Balaban J connectivity index is 1.41. The molecule has 0 unspecified atom stereocenters. The van der Waals surface area contributed by atoms with Crippen molar-refractivity contribution in [3.05, 3.63) is 71.8 Å². The lowest BCUT2D eigenvalue weighted by Crippen LogP contribution is -2.17. The number of benzene rings is 2. The van der Waals surface area contributed by atoms with Gasteiger partial charge in [0.25, 0.3) is 5.91 Å². The number of ketones is 1. The Hall–Kier alpha value is -3.71. The molecular formula is C24H17N3O3S. The van der Waals surface area contributed by atoms with Crippen molar-refractivity contribution in [2.75, 3.05) is 5.32 Å². The van der Waals surface area contributed by atoms with Crippen molar-refractivity contribution < 1.29 is 14.0 Å². The summed E-state index contributed by atoms with van der Waals surface area (Å²) in [5.41, 5.74) is 3.26. The Bertz CT molecular complexity index is 1460. The monoisotopic (exact) mass is 427 g/mol. The van der Waals surface area contributed by atoms with E-state index < -0.39 is 0 Å². The molecule has 6 nitrogen and oxygen atoms in total. The normalized spacial score (nSPS) is 13.6. The predicted octanol–water partition coefficient (Wildman–Crippen LogP) is 5.81. The van der Waals surface area contributed by atoms with Crippen molar-refractivity contribution in [2.45, 2.75) is 19.3 Å². The third-order valence-corrected chi connectivity index (χ3v) is 6.85. The Morgan fingerprint density at radius 2 is 2.03 bits per heavy atom. The molecule has 0 fully saturated rings. The molecule has 1 aliphatic rings. The number of H-pyrrole nitrogens is 1. The van der Waals surface area contributed by atoms with Crippen molar-refractivity contribution >= 4 is 49.7 Å². The molecular weight excluding hydrogens is 410 g/mol. The van der Waals surface area contributed by atoms with Gasteiger partial charge in [-0.15, -0.1) is 11.3 Å². The topological polar surface area (TPSA) is 88.0 Å². The number of aryl methyl sites for hydroxylation is 1. The summed E-state index contributed by atoms with van der Waals surface area (Å²) >= 11 is 1.69. The maximum absolute atomic E-state index is 13.0. The molecule has 3 heterocycles. The molecule has 0 saturated carbocycles. The van der Waals surface area contributed by atoms with Gasteiger partial charge in [-0.1, -0.05) is 18.2 Å². The van der Waals surface area contributed by atoms with Crippen LogP contribution >= 0.6 is 11.3 Å². The zero-order chi connectivity index (χ0) is 20.9. The highest BCUT2D eigenvalue weighted by atomic mass is 32.1. The minimum Gasteiger partial charge on any atom is -0.468 e. The van der Waals surface area contributed by atoms with Gasteiger partial charge in [-0.2, -0.15) is 5.10 Å². The summed E-state index contributed by atoms with van der Waals surface area (Å²) in [7, 11) is 0. The number of aromatic amines is 1. The molecule has 2 aromatic carbocycles. The maximum atomic E-state index is 13.0. The molecule has 3 aromatic heterocycles. The standard InChI is InChI=1S/C24H17N3O3S/c28-18-5-3-6-19-22(18)17(12-30-19)24(29)26-15-8-14-11-25-27-23(14)16(10-15)21-9-13-4-1-2-7-20(13)31-21/h1-2,4,7-12H,3,5-6H2,(H,25,27)(H,26,29). The summed E-state index contributed by atoms with van der Waals surface area (Å²) in [6.45, 7) is 0. The molecule has 31 heavy (non-hydrogen) atoms. The van der Waals surface area contributed by atoms with E-state index in [0.29, 0.717) is 35.4 Å². The number of carbonyl (C=O) groups is 2. The third kappa shape index (κ3) is 2.97. The second-order valence-corrected chi connectivity index (χ2v) is 8.77. The van der Waals surface area contributed by atoms with Crippen LogP contribution in [0.15, 0.2) is 59.3 Å². The number of hydrogen-bond donors (Lipinski definition) is 2. The summed E-state index contributed by atoms with van der Waals surface area (Å²) in [6, 6.07) is 14.2. The number of nitrogens with zero attached hydrogens (tertiary/aromatic N) is 1. The van der Waals surface area contributed by atoms with Gasteiger partial charge in [-0.25, -0.2) is 0 Å². The largest absolute Gasteiger partial charge is 0.468 e. The van der Waals surface area contributed by atoms with Crippen molar-refractivity contribution in [3.63, 3.8) is 0 Å². The zero-order valence-corrected chi connectivity index (χ0v) is 17.2. The van der Waals surface area contributed by atoms with E-state index in [0.717, 1.165) is 27.8 Å². The number of fused-ring (bicyclic) bond motifs is 3. The van der Waals surface area contributed by atoms with Gasteiger partial charge >= 0.3 is 0 Å². The van der Waals surface area contributed by atoms with Gasteiger partial charge < -0.3 is 9.73 Å². The smallest absolute Gasteiger partial charge is 0.259 e. The number of thiophene rings is 1. The second kappa shape index (κ2) is 6.92. The van der Waals surface area contributed by atoms with Crippen LogP contribution in [0.25, 0.3) is 31.4 Å². The first-order valence-corrected chi connectivity index (χ1v) is 10.9. The molecule has 0 spiro atoms. The molecule has 0 bridgehead atoms. The second-order valence-electron chi connectivity index (χ2n) is 7.68. The van der Waals surface area contributed by atoms with Gasteiger partial charge in [0.1, 0.15) is 12.0 Å². The highest BCUT2D eigenvalue weighted by Crippen LogP contribution is 2.38. The SMILES string of the molecule is O=C(Nc1cc(-c2cc3ccccc3s2)c2[nH]ncc2c1)c1coc2c1C(=O)CCC2. The first-order chi connectivity index (χ1) is 15.2. The summed E-state index contributed by atoms with van der Waals surface area (Å²) in [6.07, 6.45) is 5.03. The maximum Gasteiger partial charge on any atom is 0.259 e. The summed E-state index contributed by atoms with van der Waals surface area (Å²) < 4.78 is 6.70. The first kappa shape index (κ1) is 18.1. The number of aromatic nitrogens is 2. The Labute approximate surface area is 180 Å². The van der Waals surface area contributed by atoms with E-state index in [2.05, 4.69) is 33.7 Å². The van der Waals surface area contributed by atoms with Crippen LogP contribution in [0.5, 0.6) is 0 Å². The van der Waals surface area contributed by atoms with Crippen molar-refractivity contribution in [3.8, 4) is 10.4 Å². The zero-order valence-electron chi connectivity index (χ0n) is 16.4. The fourth-order valence-electron chi connectivity index (χ4n) is 4.23. The highest BCUT2D eigenvalue weighted by Gasteiger charge is 2.28. The summed E-state index contributed by atoms with van der Waals surface area (Å²) in [5.74, 6) is 0.236. The highest BCUT2D eigenvalue weighted by molar-refractivity contribution is 7.22. The van der Waals surface area contributed by atoms with Gasteiger partial charge in [0.05, 0.1) is 22.8 Å². The predicted molar refractivity (Wildman–Crippen MR) is 121 cm³/mol. The first-order valence-electron chi connectivity index (χ1n) is 10.1. The van der Waals surface area contributed by atoms with Crippen LogP contribution in [0.4, 0.5) is 5.69 Å². The van der Waals surface area contributed by atoms with Crippen molar-refractivity contribution in [1.29, 1.82) is 0 Å². The van der Waals surface area contributed by atoms with E-state index in [-0.39, 0.29) is 11.7 Å². The lowest BCUT2D eigenvalue weighted by Gasteiger charge is -2.11. The molecule has 152 valence electrons. The summed E-state index contributed by atoms with van der Waals surface area (Å²) in [4.78, 5) is 26.4. The van der Waals surface area contributed by atoms with Crippen LogP contribution < -0.4 is 5.32 Å². The minimum atomic E-state index is -0.342. The number of hydrogen-bond acceptors (Lipinski definition) is 5. The number of Topliss-reactive ketones (excluding diaryl/α,β-unsaturated/α-hetero) is 1. The van der Waals surface area contributed by atoms with Crippen LogP contribution in [0.3, 0.4) is 0 Å². The summed E-state index contributed by atoms with van der Waals surface area (Å²) in [5, 5.41) is 12.3. The molecule has 0 saturated heterocycles. The molecule has 0 radical (unpaired) electrons. The number of carbonyl (C=O) groups excluding carboxylic acids is 2. The number of furan rings is 1. The van der Waals surface area contributed by atoms with E-state index in [4.69, 9.17) is 4.42 Å². The molecule has 7 heteroatoms. The number of amides is 1. The van der Waals surface area contributed by atoms with Crippen LogP contribution in [0.2, 0.25) is 0 Å². The Morgan fingerprint density at radius 1 is 1.13 bits per heavy atom. The average Bonchev–Trinajstić information content (AvgIpc) is 3.50. The van der Waals surface area contributed by atoms with Crippen LogP contribution in [-0.2, 0) is 6.42 Å². The van der Waals surface area contributed by atoms with E-state index in [1.54, 1.807) is 17.5 Å². The minimum absolute atomic E-state index is 0.0311. The van der Waals surface area contributed by atoms with Gasteiger partial charge in [-0.05, 0) is 36.1 Å². The van der Waals surface area contributed by atoms with Gasteiger partial charge in [0, 0.05) is 39.1 Å². The molecule has 0 atom stereocenters. The van der Waals surface area contributed by atoms with Gasteiger partial charge in [-0.3, -0.25) is 14.7 Å². The van der Waals surface area contributed by atoms with Gasteiger partial charge in [0.15, 0.2) is 5.78 Å². The number of nitrogens with one attached hydrogen (secondary N) is 2. The van der Waals surface area contributed by atoms with Crippen LogP contribution in [-0.4, -0.2) is 21.9 Å². The fourth-order valence-corrected chi connectivity index (χ4v) is 5.31. The molecule has 0 aliphatic heterocycles. The quantitative estimate of drug-likeness (QED) is 0.380. The van der Waals surface area contributed by atoms with Crippen molar-refractivity contribution in [1.82, 2.24) is 10.2 Å². The van der Waals surface area contributed by atoms with E-state index in [9.17, 15) is 9.59 Å². The lowest BCUT2D eigenvalue weighted by molar-refractivity contribution is 0.0955. The molecule has 5 aromatic rings. The fraction of sp³-hybridized carbons (Fsp3) is 0.125. The average molecular weight is 427 g/mol. The Morgan fingerprint density at radius 3 is 2.94 bits per heavy atom. The molecule has 6 rings (SSSR count). The van der Waals surface area contributed by atoms with Gasteiger partial charge in [0.2, 0.25) is 0 Å². The number of rotatable bonds is 3. The van der Waals surface area contributed by atoms with E-state index in [1.807, 2.05) is 24.3 Å².